The molecule has 10 heavy (non-hydrogen) atoms. The zero-order valence-corrected chi connectivity index (χ0v) is 7.30. The number of fused-ring (bicyclic) bond motifs is 1. The van der Waals surface area contributed by atoms with Gasteiger partial charge in [0, 0.05) is 12.3 Å². The fourth-order valence-electron chi connectivity index (χ4n) is 2.78. The first-order chi connectivity index (χ1) is 4.57. The molecular formula is C9H18N+. The van der Waals surface area contributed by atoms with E-state index in [1.54, 1.807) is 12.8 Å². The smallest absolute Gasteiger partial charge is 0.0915 e. The minimum atomic E-state index is 0.991. The van der Waals surface area contributed by atoms with Crippen molar-refractivity contribution in [2.75, 3.05) is 21.1 Å². The Hall–Kier alpha value is -0.0400. The molecule has 3 saturated carbocycles. The second-order valence-electron chi connectivity index (χ2n) is 5.02. The molecule has 1 heteroatoms. The standard InChI is InChI=1S/C9H18N/c1-10(2,3)9-6-7-4-8(9)5-7/h7-9H,4-6H2,1-3H3/q+1. The molecule has 0 heterocycles. The first kappa shape index (κ1) is 6.66. The Kier molecular flexibility index (Phi) is 1.17. The molecule has 1 atom stereocenters. The summed E-state index contributed by atoms with van der Waals surface area (Å²) in [5, 5.41) is 0. The van der Waals surface area contributed by atoms with Gasteiger partial charge in [-0.1, -0.05) is 0 Å². The van der Waals surface area contributed by atoms with E-state index in [-0.39, 0.29) is 0 Å². The van der Waals surface area contributed by atoms with Crippen LogP contribution in [0.2, 0.25) is 0 Å². The van der Waals surface area contributed by atoms with Gasteiger partial charge < -0.3 is 4.48 Å². The highest BCUT2D eigenvalue weighted by atomic mass is 15.3. The van der Waals surface area contributed by atoms with Crippen LogP contribution in [0.15, 0.2) is 0 Å². The minimum Gasteiger partial charge on any atom is -0.328 e. The lowest BCUT2D eigenvalue weighted by atomic mass is 9.83. The van der Waals surface area contributed by atoms with Gasteiger partial charge in [0.1, 0.15) is 0 Å². The number of nitrogens with zero attached hydrogens (tertiary/aromatic N) is 1. The number of rotatable bonds is 1. The Morgan fingerprint density at radius 1 is 1.00 bits per heavy atom. The first-order valence-corrected chi connectivity index (χ1v) is 4.38. The third-order valence-corrected chi connectivity index (χ3v) is 3.39. The van der Waals surface area contributed by atoms with Crippen LogP contribution in [0.4, 0.5) is 0 Å². The molecule has 0 N–H and O–H groups in total. The van der Waals surface area contributed by atoms with E-state index in [4.69, 9.17) is 0 Å². The van der Waals surface area contributed by atoms with E-state index in [9.17, 15) is 0 Å². The van der Waals surface area contributed by atoms with Crippen molar-refractivity contribution in [2.45, 2.75) is 25.3 Å². The van der Waals surface area contributed by atoms with E-state index in [2.05, 4.69) is 21.1 Å². The Morgan fingerprint density at radius 3 is 1.80 bits per heavy atom. The second-order valence-corrected chi connectivity index (χ2v) is 5.02. The van der Waals surface area contributed by atoms with Crippen LogP contribution in [0, 0.1) is 11.8 Å². The van der Waals surface area contributed by atoms with Gasteiger partial charge in [-0.2, -0.15) is 0 Å². The maximum absolute atomic E-state index is 2.34. The number of hydrogen-bond donors (Lipinski definition) is 0. The van der Waals surface area contributed by atoms with Gasteiger partial charge in [-0.15, -0.1) is 0 Å². The molecule has 0 radical (unpaired) electrons. The third kappa shape index (κ3) is 0.800. The molecule has 1 nitrogen and oxygen atoms in total. The summed E-state index contributed by atoms with van der Waals surface area (Å²) >= 11 is 0. The van der Waals surface area contributed by atoms with Crippen molar-refractivity contribution in [3.8, 4) is 0 Å². The van der Waals surface area contributed by atoms with E-state index in [1.807, 2.05) is 0 Å². The van der Waals surface area contributed by atoms with Crippen molar-refractivity contribution < 1.29 is 4.48 Å². The average Bonchev–Trinajstić information content (AvgIpc) is 2.07. The van der Waals surface area contributed by atoms with Crippen LogP contribution in [0.1, 0.15) is 19.3 Å². The largest absolute Gasteiger partial charge is 0.328 e. The lowest BCUT2D eigenvalue weighted by Gasteiger charge is -2.34. The molecule has 3 aliphatic carbocycles. The maximum atomic E-state index is 2.34. The van der Waals surface area contributed by atoms with Gasteiger partial charge in [0.15, 0.2) is 0 Å². The number of hydrogen-bond acceptors (Lipinski definition) is 0. The van der Waals surface area contributed by atoms with Gasteiger partial charge in [0.2, 0.25) is 0 Å². The topological polar surface area (TPSA) is 0 Å². The van der Waals surface area contributed by atoms with E-state index >= 15 is 0 Å². The molecule has 0 aliphatic heterocycles. The molecule has 2 bridgehead atoms. The SMILES string of the molecule is C[N+](C)(C)C1CC2CC1C2. The summed E-state index contributed by atoms with van der Waals surface area (Å²) in [4.78, 5) is 0. The van der Waals surface area contributed by atoms with Crippen LogP contribution in [-0.4, -0.2) is 31.7 Å². The molecule has 0 aromatic heterocycles. The van der Waals surface area contributed by atoms with Gasteiger partial charge in [0.25, 0.3) is 0 Å². The van der Waals surface area contributed by atoms with E-state index in [1.165, 1.54) is 10.9 Å². The lowest BCUT2D eigenvalue weighted by Crippen LogP contribution is -2.46. The third-order valence-electron chi connectivity index (χ3n) is 3.39. The molecule has 0 aromatic rings. The van der Waals surface area contributed by atoms with Gasteiger partial charge in [0.05, 0.1) is 27.2 Å². The van der Waals surface area contributed by atoms with Crippen LogP contribution >= 0.6 is 0 Å². The van der Waals surface area contributed by atoms with Crippen LogP contribution in [0.5, 0.6) is 0 Å². The Morgan fingerprint density at radius 2 is 1.60 bits per heavy atom. The molecule has 3 rings (SSSR count). The minimum absolute atomic E-state index is 0.991. The van der Waals surface area contributed by atoms with Gasteiger partial charge >= 0.3 is 0 Å². The second kappa shape index (κ2) is 1.76. The van der Waals surface area contributed by atoms with Crippen molar-refractivity contribution in [1.29, 1.82) is 0 Å². The summed E-state index contributed by atoms with van der Waals surface area (Å²) in [5.74, 6) is 2.21. The molecule has 0 spiro atoms. The summed E-state index contributed by atoms with van der Waals surface area (Å²) in [5.41, 5.74) is 0. The quantitative estimate of drug-likeness (QED) is 0.484. The van der Waals surface area contributed by atoms with Crippen molar-refractivity contribution in [3.63, 3.8) is 0 Å². The van der Waals surface area contributed by atoms with Crippen molar-refractivity contribution in [3.05, 3.63) is 0 Å². The first-order valence-electron chi connectivity index (χ1n) is 4.38. The highest BCUT2D eigenvalue weighted by Crippen LogP contribution is 2.51. The summed E-state index contributed by atoms with van der Waals surface area (Å²) in [6, 6.07) is 0.991. The molecule has 3 fully saturated rings. The lowest BCUT2D eigenvalue weighted by molar-refractivity contribution is -0.897. The Bertz CT molecular complexity index is 139. The van der Waals surface area contributed by atoms with Gasteiger partial charge in [-0.05, 0) is 18.8 Å². The van der Waals surface area contributed by atoms with E-state index < -0.39 is 0 Å². The van der Waals surface area contributed by atoms with Crippen molar-refractivity contribution in [1.82, 2.24) is 0 Å². The molecule has 0 amide bonds. The molecular weight excluding hydrogens is 122 g/mol. The van der Waals surface area contributed by atoms with Crippen LogP contribution < -0.4 is 0 Å². The van der Waals surface area contributed by atoms with Crippen molar-refractivity contribution >= 4 is 0 Å². The maximum Gasteiger partial charge on any atom is 0.0915 e. The summed E-state index contributed by atoms with van der Waals surface area (Å²) < 4.78 is 1.20. The van der Waals surface area contributed by atoms with E-state index in [0.29, 0.717) is 0 Å². The van der Waals surface area contributed by atoms with E-state index in [0.717, 1.165) is 17.9 Å². The molecule has 58 valence electrons. The van der Waals surface area contributed by atoms with Crippen molar-refractivity contribution in [2.24, 2.45) is 11.8 Å². The Labute approximate surface area is 63.6 Å². The highest BCUT2D eigenvalue weighted by Gasteiger charge is 2.50. The normalized spacial score (nSPS) is 45.3. The zero-order chi connectivity index (χ0) is 7.35. The Balaban J connectivity index is 2.07. The van der Waals surface area contributed by atoms with Gasteiger partial charge in [-0.3, -0.25) is 0 Å². The molecule has 1 unspecified atom stereocenters. The highest BCUT2D eigenvalue weighted by molar-refractivity contribution is 4.95. The van der Waals surface area contributed by atoms with Crippen LogP contribution in [-0.2, 0) is 0 Å². The predicted octanol–water partition coefficient (Wildman–Crippen LogP) is 1.49. The number of quaternary nitrogens is 1. The summed E-state index contributed by atoms with van der Waals surface area (Å²) in [7, 11) is 7.02. The summed E-state index contributed by atoms with van der Waals surface area (Å²) in [6.45, 7) is 0. The van der Waals surface area contributed by atoms with Crippen LogP contribution in [0.25, 0.3) is 0 Å². The fourth-order valence-corrected chi connectivity index (χ4v) is 2.78. The fraction of sp³-hybridized carbons (Fsp3) is 1.00. The zero-order valence-electron chi connectivity index (χ0n) is 7.30. The van der Waals surface area contributed by atoms with Gasteiger partial charge in [-0.25, -0.2) is 0 Å². The monoisotopic (exact) mass is 140 g/mol. The van der Waals surface area contributed by atoms with Crippen LogP contribution in [0.3, 0.4) is 0 Å². The molecule has 3 aliphatic rings. The molecule has 0 saturated heterocycles. The predicted molar refractivity (Wildman–Crippen MR) is 42.7 cm³/mol. The molecule has 0 aromatic carbocycles. The average molecular weight is 140 g/mol. The summed E-state index contributed by atoms with van der Waals surface area (Å²) in [6.07, 6.45) is 4.59.